The van der Waals surface area contributed by atoms with Crippen molar-refractivity contribution in [3.63, 3.8) is 0 Å². The van der Waals surface area contributed by atoms with E-state index in [1.807, 2.05) is 0 Å². The standard InChI is InChI=1S/C10H18/c1-2-9-4-7-10(8-9)5-3-6-10/h9H,2-8H2,1H3/t9-/m0/s1. The van der Waals surface area contributed by atoms with Crippen LogP contribution in [-0.4, -0.2) is 0 Å². The van der Waals surface area contributed by atoms with Crippen molar-refractivity contribution in [1.82, 2.24) is 0 Å². The Morgan fingerprint density at radius 1 is 1.30 bits per heavy atom. The minimum Gasteiger partial charge on any atom is -0.0651 e. The largest absolute Gasteiger partial charge is 0.0651 e. The highest BCUT2D eigenvalue weighted by atomic mass is 14.5. The molecule has 0 aliphatic heterocycles. The predicted octanol–water partition coefficient (Wildman–Crippen LogP) is 3.37. The second-order valence-electron chi connectivity index (χ2n) is 4.37. The molecule has 2 rings (SSSR count). The van der Waals surface area contributed by atoms with Crippen LogP contribution in [0.4, 0.5) is 0 Å². The molecule has 0 aromatic heterocycles. The summed E-state index contributed by atoms with van der Waals surface area (Å²) in [4.78, 5) is 0. The first-order chi connectivity index (χ1) is 4.85. The Bertz CT molecular complexity index is 122. The molecule has 0 aromatic carbocycles. The Morgan fingerprint density at radius 3 is 2.40 bits per heavy atom. The van der Waals surface area contributed by atoms with Crippen LogP contribution in [0.15, 0.2) is 0 Å². The molecule has 0 aromatic rings. The summed E-state index contributed by atoms with van der Waals surface area (Å²) in [6, 6.07) is 0. The first kappa shape index (κ1) is 6.69. The van der Waals surface area contributed by atoms with Gasteiger partial charge in [-0.2, -0.15) is 0 Å². The molecule has 1 spiro atoms. The van der Waals surface area contributed by atoms with Crippen LogP contribution < -0.4 is 0 Å². The molecule has 0 heterocycles. The van der Waals surface area contributed by atoms with E-state index < -0.39 is 0 Å². The summed E-state index contributed by atoms with van der Waals surface area (Å²) in [5.41, 5.74) is 0.890. The van der Waals surface area contributed by atoms with Crippen molar-refractivity contribution in [2.75, 3.05) is 0 Å². The van der Waals surface area contributed by atoms with Gasteiger partial charge in [0, 0.05) is 0 Å². The summed E-state index contributed by atoms with van der Waals surface area (Å²) in [6.07, 6.45) is 10.7. The van der Waals surface area contributed by atoms with Crippen molar-refractivity contribution < 1.29 is 0 Å². The molecule has 0 amide bonds. The first-order valence-electron chi connectivity index (χ1n) is 4.85. The molecule has 0 heteroatoms. The number of hydrogen-bond donors (Lipinski definition) is 0. The lowest BCUT2D eigenvalue weighted by atomic mass is 9.67. The van der Waals surface area contributed by atoms with Gasteiger partial charge >= 0.3 is 0 Å². The zero-order valence-electron chi connectivity index (χ0n) is 7.03. The van der Waals surface area contributed by atoms with E-state index in [9.17, 15) is 0 Å². The van der Waals surface area contributed by atoms with Gasteiger partial charge in [0.05, 0.1) is 0 Å². The third-order valence-corrected chi connectivity index (χ3v) is 3.80. The Morgan fingerprint density at radius 2 is 2.10 bits per heavy atom. The molecule has 2 fully saturated rings. The van der Waals surface area contributed by atoms with E-state index in [1.165, 1.54) is 19.3 Å². The van der Waals surface area contributed by atoms with Crippen molar-refractivity contribution in [3.05, 3.63) is 0 Å². The van der Waals surface area contributed by atoms with Gasteiger partial charge in [-0.05, 0) is 43.4 Å². The highest BCUT2D eigenvalue weighted by Gasteiger charge is 2.42. The highest BCUT2D eigenvalue weighted by Crippen LogP contribution is 2.55. The molecule has 0 N–H and O–H groups in total. The fourth-order valence-corrected chi connectivity index (χ4v) is 2.81. The molecule has 2 aliphatic carbocycles. The molecule has 0 bridgehead atoms. The van der Waals surface area contributed by atoms with Gasteiger partial charge < -0.3 is 0 Å². The van der Waals surface area contributed by atoms with Crippen LogP contribution in [0.5, 0.6) is 0 Å². The zero-order valence-corrected chi connectivity index (χ0v) is 7.03. The van der Waals surface area contributed by atoms with Crippen molar-refractivity contribution in [2.45, 2.75) is 51.9 Å². The smallest absolute Gasteiger partial charge is 0.0295 e. The monoisotopic (exact) mass is 138 g/mol. The summed E-state index contributed by atoms with van der Waals surface area (Å²) < 4.78 is 0. The SMILES string of the molecule is CC[C@H]1CCC2(CCC2)C1. The van der Waals surface area contributed by atoms with E-state index in [2.05, 4.69) is 6.92 Å². The van der Waals surface area contributed by atoms with Crippen LogP contribution >= 0.6 is 0 Å². The lowest BCUT2D eigenvalue weighted by Gasteiger charge is -2.38. The number of rotatable bonds is 1. The van der Waals surface area contributed by atoms with Gasteiger partial charge in [-0.3, -0.25) is 0 Å². The van der Waals surface area contributed by atoms with E-state index in [0.717, 1.165) is 11.3 Å². The van der Waals surface area contributed by atoms with Gasteiger partial charge in [0.2, 0.25) is 0 Å². The minimum atomic E-state index is 0.890. The molecular formula is C10H18. The van der Waals surface area contributed by atoms with Crippen LogP contribution in [0.3, 0.4) is 0 Å². The van der Waals surface area contributed by atoms with Crippen LogP contribution in [0, 0.1) is 11.3 Å². The zero-order chi connectivity index (χ0) is 7.03. The summed E-state index contributed by atoms with van der Waals surface area (Å²) in [5.74, 6) is 1.10. The second kappa shape index (κ2) is 2.25. The third kappa shape index (κ3) is 0.889. The Labute approximate surface area is 64.0 Å². The topological polar surface area (TPSA) is 0 Å². The average molecular weight is 138 g/mol. The van der Waals surface area contributed by atoms with Gasteiger partial charge in [0.25, 0.3) is 0 Å². The Hall–Kier alpha value is 0. The molecule has 2 saturated carbocycles. The Kier molecular flexibility index (Phi) is 1.51. The van der Waals surface area contributed by atoms with Gasteiger partial charge in [0.15, 0.2) is 0 Å². The lowest BCUT2D eigenvalue weighted by molar-refractivity contribution is 0.136. The van der Waals surface area contributed by atoms with Gasteiger partial charge in [-0.15, -0.1) is 0 Å². The lowest BCUT2D eigenvalue weighted by Crippen LogP contribution is -2.25. The van der Waals surface area contributed by atoms with Gasteiger partial charge in [-0.1, -0.05) is 19.8 Å². The first-order valence-corrected chi connectivity index (χ1v) is 4.85. The van der Waals surface area contributed by atoms with E-state index in [1.54, 1.807) is 25.7 Å². The van der Waals surface area contributed by atoms with Crippen molar-refractivity contribution in [3.8, 4) is 0 Å². The van der Waals surface area contributed by atoms with Crippen LogP contribution in [0.25, 0.3) is 0 Å². The molecule has 0 radical (unpaired) electrons. The molecule has 2 aliphatic rings. The second-order valence-corrected chi connectivity index (χ2v) is 4.37. The normalized spacial score (nSPS) is 36.3. The highest BCUT2D eigenvalue weighted by molar-refractivity contribution is 4.94. The van der Waals surface area contributed by atoms with Crippen molar-refractivity contribution in [2.24, 2.45) is 11.3 Å². The van der Waals surface area contributed by atoms with E-state index in [4.69, 9.17) is 0 Å². The quantitative estimate of drug-likeness (QED) is 0.521. The summed E-state index contributed by atoms with van der Waals surface area (Å²) in [5, 5.41) is 0. The summed E-state index contributed by atoms with van der Waals surface area (Å²) >= 11 is 0. The molecule has 10 heavy (non-hydrogen) atoms. The molecular weight excluding hydrogens is 120 g/mol. The molecule has 0 nitrogen and oxygen atoms in total. The fraction of sp³-hybridized carbons (Fsp3) is 1.00. The molecule has 0 unspecified atom stereocenters. The maximum absolute atomic E-state index is 2.35. The maximum Gasteiger partial charge on any atom is -0.0295 e. The third-order valence-electron chi connectivity index (χ3n) is 3.80. The van der Waals surface area contributed by atoms with Crippen molar-refractivity contribution >= 4 is 0 Å². The fourth-order valence-electron chi connectivity index (χ4n) is 2.81. The molecule has 1 atom stereocenters. The summed E-state index contributed by atoms with van der Waals surface area (Å²) in [6.45, 7) is 2.35. The van der Waals surface area contributed by atoms with E-state index >= 15 is 0 Å². The van der Waals surface area contributed by atoms with Crippen LogP contribution in [0.2, 0.25) is 0 Å². The van der Waals surface area contributed by atoms with Gasteiger partial charge in [-0.25, -0.2) is 0 Å². The van der Waals surface area contributed by atoms with E-state index in [0.29, 0.717) is 0 Å². The minimum absolute atomic E-state index is 0.890. The number of hydrogen-bond acceptors (Lipinski definition) is 0. The van der Waals surface area contributed by atoms with Gasteiger partial charge in [0.1, 0.15) is 0 Å². The molecule has 58 valence electrons. The average Bonchev–Trinajstić information content (AvgIpc) is 2.29. The predicted molar refractivity (Wildman–Crippen MR) is 43.9 cm³/mol. The van der Waals surface area contributed by atoms with Crippen LogP contribution in [-0.2, 0) is 0 Å². The summed E-state index contributed by atoms with van der Waals surface area (Å²) in [7, 11) is 0. The maximum atomic E-state index is 2.35. The van der Waals surface area contributed by atoms with Crippen LogP contribution in [0.1, 0.15) is 51.9 Å². The van der Waals surface area contributed by atoms with E-state index in [-0.39, 0.29) is 0 Å². The Balaban J connectivity index is 1.92. The van der Waals surface area contributed by atoms with Crippen molar-refractivity contribution in [1.29, 1.82) is 0 Å². The molecule has 0 saturated heterocycles.